The molecule has 0 spiro atoms. The number of hydrogen-bond donors (Lipinski definition) is 3. The van der Waals surface area contributed by atoms with Gasteiger partial charge in [0.1, 0.15) is 24.1 Å². The SMILES string of the molecule is O=C(O)C(Cc1ccc(F)cc1)NC(=O)[C@@H]1CCC(O)N1S(=O)(=O)c1ccc([N+](=O)[O-])cc1. The lowest BCUT2D eigenvalue weighted by molar-refractivity contribution is -0.384. The van der Waals surface area contributed by atoms with Gasteiger partial charge >= 0.3 is 5.97 Å². The van der Waals surface area contributed by atoms with E-state index in [-0.39, 0.29) is 29.8 Å². The molecule has 1 fully saturated rings. The maximum absolute atomic E-state index is 13.1. The summed E-state index contributed by atoms with van der Waals surface area (Å²) in [6, 6.07) is 6.12. The molecule has 13 heteroatoms. The van der Waals surface area contributed by atoms with Crippen LogP contribution in [-0.2, 0) is 26.0 Å². The third-order valence-electron chi connectivity index (χ3n) is 5.19. The largest absolute Gasteiger partial charge is 0.480 e. The second kappa shape index (κ2) is 9.60. The fraction of sp³-hybridized carbons (Fsp3) is 0.300. The second-order valence-electron chi connectivity index (χ2n) is 7.39. The van der Waals surface area contributed by atoms with Crippen molar-refractivity contribution in [2.45, 2.75) is 42.5 Å². The lowest BCUT2D eigenvalue weighted by Gasteiger charge is -2.27. The summed E-state index contributed by atoms with van der Waals surface area (Å²) in [4.78, 5) is 34.2. The summed E-state index contributed by atoms with van der Waals surface area (Å²) in [6.07, 6.45) is -1.85. The molecule has 3 N–H and O–H groups in total. The number of carbonyl (C=O) groups excluding carboxylic acids is 1. The van der Waals surface area contributed by atoms with Crippen LogP contribution in [0, 0.1) is 15.9 Å². The van der Waals surface area contributed by atoms with E-state index >= 15 is 0 Å². The summed E-state index contributed by atoms with van der Waals surface area (Å²) in [5.41, 5.74) is 0.0984. The van der Waals surface area contributed by atoms with Crippen LogP contribution in [0.2, 0.25) is 0 Å². The molecule has 176 valence electrons. The van der Waals surface area contributed by atoms with Crippen molar-refractivity contribution in [2.75, 3.05) is 0 Å². The molecule has 1 saturated heterocycles. The molecular weight excluding hydrogens is 461 g/mol. The normalized spacial score (nSPS) is 19.7. The lowest BCUT2D eigenvalue weighted by atomic mass is 10.1. The van der Waals surface area contributed by atoms with Crippen molar-refractivity contribution in [3.8, 4) is 0 Å². The smallest absolute Gasteiger partial charge is 0.326 e. The summed E-state index contributed by atoms with van der Waals surface area (Å²) in [6.45, 7) is 0. The Morgan fingerprint density at radius 1 is 1.15 bits per heavy atom. The van der Waals surface area contributed by atoms with E-state index in [0.29, 0.717) is 9.87 Å². The van der Waals surface area contributed by atoms with Gasteiger partial charge in [0.25, 0.3) is 5.69 Å². The van der Waals surface area contributed by atoms with Crippen molar-refractivity contribution in [3.05, 3.63) is 70.0 Å². The number of rotatable bonds is 8. The molecule has 2 unspecified atom stereocenters. The van der Waals surface area contributed by atoms with Crippen LogP contribution in [-0.4, -0.2) is 58.0 Å². The number of aliphatic hydroxyl groups is 1. The number of nitro groups is 1. The molecule has 0 bridgehead atoms. The Hall–Kier alpha value is -3.42. The van der Waals surface area contributed by atoms with Crippen LogP contribution >= 0.6 is 0 Å². The molecule has 0 saturated carbocycles. The van der Waals surface area contributed by atoms with E-state index < -0.39 is 51.0 Å². The van der Waals surface area contributed by atoms with Crippen LogP contribution in [0.4, 0.5) is 10.1 Å². The molecule has 2 aromatic rings. The number of amides is 1. The number of benzene rings is 2. The van der Waals surface area contributed by atoms with Gasteiger partial charge in [0, 0.05) is 18.6 Å². The van der Waals surface area contributed by atoms with Gasteiger partial charge in [-0.3, -0.25) is 14.9 Å². The van der Waals surface area contributed by atoms with Gasteiger partial charge in [0.05, 0.1) is 9.82 Å². The fourth-order valence-electron chi connectivity index (χ4n) is 3.53. The van der Waals surface area contributed by atoms with Gasteiger partial charge in [0.15, 0.2) is 0 Å². The Morgan fingerprint density at radius 3 is 2.30 bits per heavy atom. The third kappa shape index (κ3) is 5.32. The molecule has 2 aromatic carbocycles. The monoisotopic (exact) mass is 481 g/mol. The van der Waals surface area contributed by atoms with E-state index in [1.165, 1.54) is 12.1 Å². The molecule has 0 aromatic heterocycles. The highest BCUT2D eigenvalue weighted by molar-refractivity contribution is 7.89. The second-order valence-corrected chi connectivity index (χ2v) is 9.23. The van der Waals surface area contributed by atoms with Crippen molar-refractivity contribution >= 4 is 27.6 Å². The van der Waals surface area contributed by atoms with Crippen LogP contribution < -0.4 is 5.32 Å². The molecule has 1 heterocycles. The van der Waals surface area contributed by atoms with Gasteiger partial charge in [-0.05, 0) is 42.7 Å². The van der Waals surface area contributed by atoms with Gasteiger partial charge < -0.3 is 15.5 Å². The zero-order chi connectivity index (χ0) is 24.3. The maximum Gasteiger partial charge on any atom is 0.326 e. The Labute approximate surface area is 187 Å². The quantitative estimate of drug-likeness (QED) is 0.371. The standard InChI is InChI=1S/C20H20FN3O8S/c21-13-3-1-12(2-4-13)11-16(20(27)28)22-19(26)17-9-10-18(25)23(17)33(31,32)15-7-5-14(6-8-15)24(29)30/h1-8,16-18,25H,9-11H2,(H,22,26)(H,27,28)/t16?,17-,18?/m0/s1. The summed E-state index contributed by atoms with van der Waals surface area (Å²) in [7, 11) is -4.43. The predicted octanol–water partition coefficient (Wildman–Crippen LogP) is 1.02. The number of carbonyl (C=O) groups is 2. The Balaban J connectivity index is 1.81. The number of aliphatic hydroxyl groups excluding tert-OH is 1. The first-order chi connectivity index (χ1) is 15.5. The van der Waals surface area contributed by atoms with E-state index in [0.717, 1.165) is 36.4 Å². The van der Waals surface area contributed by atoms with Crippen LogP contribution in [0.5, 0.6) is 0 Å². The fourth-order valence-corrected chi connectivity index (χ4v) is 5.21. The number of hydrogen-bond acceptors (Lipinski definition) is 7. The van der Waals surface area contributed by atoms with E-state index in [4.69, 9.17) is 0 Å². The maximum atomic E-state index is 13.1. The molecule has 1 amide bonds. The molecule has 33 heavy (non-hydrogen) atoms. The van der Waals surface area contributed by atoms with E-state index in [9.17, 15) is 42.7 Å². The summed E-state index contributed by atoms with van der Waals surface area (Å²) in [5.74, 6) is -2.82. The van der Waals surface area contributed by atoms with Gasteiger partial charge in [-0.25, -0.2) is 17.6 Å². The number of nitrogens with one attached hydrogen (secondary N) is 1. The van der Waals surface area contributed by atoms with Gasteiger partial charge in [0.2, 0.25) is 15.9 Å². The highest BCUT2D eigenvalue weighted by Crippen LogP contribution is 2.31. The van der Waals surface area contributed by atoms with Crippen LogP contribution in [0.15, 0.2) is 53.4 Å². The van der Waals surface area contributed by atoms with Gasteiger partial charge in [-0.15, -0.1) is 0 Å². The first-order valence-corrected chi connectivity index (χ1v) is 11.2. The highest BCUT2D eigenvalue weighted by Gasteiger charge is 2.45. The zero-order valence-corrected chi connectivity index (χ0v) is 17.8. The van der Waals surface area contributed by atoms with Crippen LogP contribution in [0.1, 0.15) is 18.4 Å². The molecule has 1 aliphatic rings. The number of carboxylic acids is 1. The first-order valence-electron chi connectivity index (χ1n) is 9.74. The number of aliphatic carboxylic acids is 1. The molecular formula is C20H20FN3O8S. The molecule has 1 aliphatic heterocycles. The van der Waals surface area contributed by atoms with E-state index in [1.54, 1.807) is 0 Å². The van der Waals surface area contributed by atoms with E-state index in [2.05, 4.69) is 5.32 Å². The molecule has 11 nitrogen and oxygen atoms in total. The highest BCUT2D eigenvalue weighted by atomic mass is 32.2. The molecule has 0 aliphatic carbocycles. The summed E-state index contributed by atoms with van der Waals surface area (Å²) < 4.78 is 39.7. The number of nitro benzene ring substituents is 1. The third-order valence-corrected chi connectivity index (χ3v) is 7.11. The molecule has 3 atom stereocenters. The van der Waals surface area contributed by atoms with Crippen LogP contribution in [0.3, 0.4) is 0 Å². The minimum absolute atomic E-state index is 0.0674. The van der Waals surface area contributed by atoms with Crippen molar-refractivity contribution in [3.63, 3.8) is 0 Å². The van der Waals surface area contributed by atoms with Crippen molar-refractivity contribution in [1.82, 2.24) is 9.62 Å². The summed E-state index contributed by atoms with van der Waals surface area (Å²) >= 11 is 0. The number of halogens is 1. The molecule has 0 radical (unpaired) electrons. The first kappa shape index (κ1) is 24.2. The summed E-state index contributed by atoms with van der Waals surface area (Å²) in [5, 5.41) is 32.8. The minimum atomic E-state index is -4.43. The number of nitrogens with zero attached hydrogens (tertiary/aromatic N) is 2. The number of non-ortho nitro benzene ring substituents is 1. The Bertz CT molecular complexity index is 1150. The van der Waals surface area contributed by atoms with Crippen molar-refractivity contribution in [2.24, 2.45) is 0 Å². The van der Waals surface area contributed by atoms with Crippen molar-refractivity contribution < 1.29 is 37.5 Å². The Kier molecular flexibility index (Phi) is 7.05. The van der Waals surface area contributed by atoms with Crippen molar-refractivity contribution in [1.29, 1.82) is 0 Å². The average Bonchev–Trinajstić information content (AvgIpc) is 3.17. The minimum Gasteiger partial charge on any atom is -0.480 e. The van der Waals surface area contributed by atoms with E-state index in [1.807, 2.05) is 0 Å². The van der Waals surface area contributed by atoms with Crippen LogP contribution in [0.25, 0.3) is 0 Å². The lowest BCUT2D eigenvalue weighted by Crippen LogP contribution is -2.53. The zero-order valence-electron chi connectivity index (χ0n) is 17.0. The molecule has 3 rings (SSSR count). The van der Waals surface area contributed by atoms with Gasteiger partial charge in [-0.2, -0.15) is 4.31 Å². The van der Waals surface area contributed by atoms with Gasteiger partial charge in [-0.1, -0.05) is 12.1 Å². The Morgan fingerprint density at radius 2 is 1.76 bits per heavy atom. The average molecular weight is 481 g/mol. The number of sulfonamides is 1. The number of carboxylic acid groups (broad SMARTS) is 1. The predicted molar refractivity (Wildman–Crippen MR) is 111 cm³/mol. The topological polar surface area (TPSA) is 167 Å².